The van der Waals surface area contributed by atoms with Crippen LogP contribution < -0.4 is 14.8 Å². The molecule has 7 nitrogen and oxygen atoms in total. The number of pyridine rings is 1. The lowest BCUT2D eigenvalue weighted by atomic mass is 10.0. The molecule has 1 N–H and O–H groups in total. The number of amides is 1. The van der Waals surface area contributed by atoms with E-state index in [0.29, 0.717) is 12.3 Å². The SMILES string of the molecule is Cn1nc(CNC(=O)COc2cccc3c2OC(C)(C)C3)cc1-c1ccccn1. The Kier molecular flexibility index (Phi) is 4.96. The molecule has 0 radical (unpaired) electrons. The molecule has 150 valence electrons. The molecule has 2 aromatic heterocycles. The number of benzene rings is 1. The molecule has 0 fully saturated rings. The Morgan fingerprint density at radius 3 is 2.93 bits per heavy atom. The lowest BCUT2D eigenvalue weighted by molar-refractivity contribution is -0.123. The van der Waals surface area contributed by atoms with Crippen LogP contribution in [0.4, 0.5) is 0 Å². The molecule has 0 unspecified atom stereocenters. The Labute approximate surface area is 169 Å². The third kappa shape index (κ3) is 4.23. The Hall–Kier alpha value is -3.35. The highest BCUT2D eigenvalue weighted by Gasteiger charge is 2.32. The standard InChI is InChI=1S/C22H24N4O3/c1-22(2)12-15-7-6-9-19(21(15)29-22)28-14-20(27)24-13-16-11-18(26(3)25-16)17-8-4-5-10-23-17/h4-11H,12-14H2,1-3H3,(H,24,27). The molecule has 3 aromatic rings. The Morgan fingerprint density at radius 2 is 2.14 bits per heavy atom. The Balaban J connectivity index is 1.34. The van der Waals surface area contributed by atoms with Gasteiger partial charge in [-0.05, 0) is 38.1 Å². The quantitative estimate of drug-likeness (QED) is 0.698. The molecule has 0 atom stereocenters. The van der Waals surface area contributed by atoms with Gasteiger partial charge < -0.3 is 14.8 Å². The van der Waals surface area contributed by atoms with Crippen LogP contribution in [0.1, 0.15) is 25.1 Å². The summed E-state index contributed by atoms with van der Waals surface area (Å²) in [6, 6.07) is 13.4. The molecule has 1 amide bonds. The fourth-order valence-corrected chi connectivity index (χ4v) is 3.45. The van der Waals surface area contributed by atoms with Gasteiger partial charge in [-0.3, -0.25) is 14.5 Å². The Bertz CT molecular complexity index is 1030. The number of rotatable bonds is 6. The smallest absolute Gasteiger partial charge is 0.258 e. The summed E-state index contributed by atoms with van der Waals surface area (Å²) >= 11 is 0. The zero-order valence-electron chi connectivity index (χ0n) is 16.8. The maximum atomic E-state index is 12.3. The first-order valence-corrected chi connectivity index (χ1v) is 9.56. The van der Waals surface area contributed by atoms with Crippen molar-refractivity contribution < 1.29 is 14.3 Å². The molecule has 3 heterocycles. The van der Waals surface area contributed by atoms with Crippen LogP contribution in [0.25, 0.3) is 11.4 Å². The van der Waals surface area contributed by atoms with E-state index in [1.807, 2.05) is 63.4 Å². The molecule has 0 spiro atoms. The van der Waals surface area contributed by atoms with Gasteiger partial charge in [-0.15, -0.1) is 0 Å². The molecule has 4 rings (SSSR count). The van der Waals surface area contributed by atoms with E-state index in [-0.39, 0.29) is 18.1 Å². The van der Waals surface area contributed by atoms with Gasteiger partial charge in [0.15, 0.2) is 18.1 Å². The molecule has 0 saturated carbocycles. The van der Waals surface area contributed by atoms with Crippen molar-refractivity contribution >= 4 is 5.91 Å². The van der Waals surface area contributed by atoms with Crippen LogP contribution in [-0.4, -0.2) is 32.9 Å². The number of nitrogens with one attached hydrogen (secondary N) is 1. The second-order valence-electron chi connectivity index (χ2n) is 7.71. The van der Waals surface area contributed by atoms with Crippen molar-refractivity contribution in [1.29, 1.82) is 0 Å². The van der Waals surface area contributed by atoms with Gasteiger partial charge in [-0.2, -0.15) is 5.10 Å². The van der Waals surface area contributed by atoms with Crippen molar-refractivity contribution in [3.05, 3.63) is 59.9 Å². The van der Waals surface area contributed by atoms with E-state index in [1.54, 1.807) is 10.9 Å². The third-order valence-corrected chi connectivity index (χ3v) is 4.74. The number of fused-ring (bicyclic) bond motifs is 1. The van der Waals surface area contributed by atoms with E-state index in [9.17, 15) is 4.79 Å². The van der Waals surface area contributed by atoms with Gasteiger partial charge >= 0.3 is 0 Å². The van der Waals surface area contributed by atoms with Crippen LogP contribution in [0, 0.1) is 0 Å². The summed E-state index contributed by atoms with van der Waals surface area (Å²) in [4.78, 5) is 16.6. The van der Waals surface area contributed by atoms with Gasteiger partial charge in [0, 0.05) is 25.2 Å². The summed E-state index contributed by atoms with van der Waals surface area (Å²) < 4.78 is 13.4. The molecule has 7 heteroatoms. The molecule has 0 saturated heterocycles. The molecule has 1 aliphatic rings. The highest BCUT2D eigenvalue weighted by Crippen LogP contribution is 2.41. The minimum atomic E-state index is -0.256. The summed E-state index contributed by atoms with van der Waals surface area (Å²) in [5.41, 5.74) is 3.33. The van der Waals surface area contributed by atoms with Crippen molar-refractivity contribution in [3.8, 4) is 22.9 Å². The summed E-state index contributed by atoms with van der Waals surface area (Å²) in [5, 5.41) is 7.29. The van der Waals surface area contributed by atoms with Crippen molar-refractivity contribution in [2.24, 2.45) is 7.05 Å². The Morgan fingerprint density at radius 1 is 1.28 bits per heavy atom. The van der Waals surface area contributed by atoms with Crippen LogP contribution in [0.3, 0.4) is 0 Å². The third-order valence-electron chi connectivity index (χ3n) is 4.74. The number of carbonyl (C=O) groups excluding carboxylic acids is 1. The van der Waals surface area contributed by atoms with Gasteiger partial charge in [-0.1, -0.05) is 18.2 Å². The highest BCUT2D eigenvalue weighted by atomic mass is 16.5. The fourth-order valence-electron chi connectivity index (χ4n) is 3.45. The number of para-hydroxylation sites is 1. The summed E-state index contributed by atoms with van der Waals surface area (Å²) in [6.07, 6.45) is 2.57. The number of ether oxygens (including phenoxy) is 2. The van der Waals surface area contributed by atoms with Crippen molar-refractivity contribution in [3.63, 3.8) is 0 Å². The van der Waals surface area contributed by atoms with Crippen LogP contribution in [0.15, 0.2) is 48.7 Å². The molecule has 29 heavy (non-hydrogen) atoms. The van der Waals surface area contributed by atoms with Gasteiger partial charge in [-0.25, -0.2) is 0 Å². The molecule has 0 aliphatic carbocycles. The maximum absolute atomic E-state index is 12.3. The molecular formula is C22H24N4O3. The predicted octanol–water partition coefficient (Wildman–Crippen LogP) is 2.89. The van der Waals surface area contributed by atoms with Crippen LogP contribution in [0.5, 0.6) is 11.5 Å². The lowest BCUT2D eigenvalue weighted by Crippen LogP contribution is -2.28. The van der Waals surface area contributed by atoms with Gasteiger partial charge in [0.05, 0.1) is 23.6 Å². The first-order chi connectivity index (χ1) is 13.9. The van der Waals surface area contributed by atoms with E-state index in [4.69, 9.17) is 9.47 Å². The van der Waals surface area contributed by atoms with E-state index >= 15 is 0 Å². The molecule has 1 aromatic carbocycles. The average molecular weight is 392 g/mol. The normalized spacial score (nSPS) is 14.2. The zero-order chi connectivity index (χ0) is 20.4. The average Bonchev–Trinajstić information content (AvgIpc) is 3.23. The molecule has 1 aliphatic heterocycles. The van der Waals surface area contributed by atoms with Crippen LogP contribution in [-0.2, 0) is 24.8 Å². The number of nitrogens with zero attached hydrogens (tertiary/aromatic N) is 3. The lowest BCUT2D eigenvalue weighted by Gasteiger charge is -2.18. The van der Waals surface area contributed by atoms with Crippen molar-refractivity contribution in [1.82, 2.24) is 20.1 Å². The fraction of sp³-hybridized carbons (Fsp3) is 0.318. The number of aromatic nitrogens is 3. The number of carbonyl (C=O) groups is 1. The molecular weight excluding hydrogens is 368 g/mol. The minimum absolute atomic E-state index is 0.0832. The van der Waals surface area contributed by atoms with Crippen LogP contribution >= 0.6 is 0 Å². The number of aryl methyl sites for hydroxylation is 1. The van der Waals surface area contributed by atoms with Crippen LogP contribution in [0.2, 0.25) is 0 Å². The summed E-state index contributed by atoms with van der Waals surface area (Å²) in [6.45, 7) is 4.31. The van der Waals surface area contributed by atoms with Gasteiger partial charge in [0.2, 0.25) is 0 Å². The summed E-state index contributed by atoms with van der Waals surface area (Å²) in [7, 11) is 1.86. The molecule has 0 bridgehead atoms. The monoisotopic (exact) mass is 392 g/mol. The second kappa shape index (κ2) is 7.58. The van der Waals surface area contributed by atoms with E-state index in [2.05, 4.69) is 15.4 Å². The van der Waals surface area contributed by atoms with Gasteiger partial charge in [0.25, 0.3) is 5.91 Å². The number of hydrogen-bond donors (Lipinski definition) is 1. The largest absolute Gasteiger partial charge is 0.483 e. The van der Waals surface area contributed by atoms with E-state index in [0.717, 1.165) is 34.8 Å². The topological polar surface area (TPSA) is 78.3 Å². The first-order valence-electron chi connectivity index (χ1n) is 9.56. The van der Waals surface area contributed by atoms with Crippen molar-refractivity contribution in [2.75, 3.05) is 6.61 Å². The second-order valence-corrected chi connectivity index (χ2v) is 7.71. The minimum Gasteiger partial charge on any atom is -0.483 e. The zero-order valence-corrected chi connectivity index (χ0v) is 16.8. The van der Waals surface area contributed by atoms with E-state index in [1.165, 1.54) is 0 Å². The highest BCUT2D eigenvalue weighted by molar-refractivity contribution is 5.77. The predicted molar refractivity (Wildman–Crippen MR) is 109 cm³/mol. The van der Waals surface area contributed by atoms with Gasteiger partial charge in [0.1, 0.15) is 5.60 Å². The first kappa shape index (κ1) is 19.0. The maximum Gasteiger partial charge on any atom is 0.258 e. The van der Waals surface area contributed by atoms with Crippen molar-refractivity contribution in [2.45, 2.75) is 32.4 Å². The number of hydrogen-bond acceptors (Lipinski definition) is 5. The summed E-state index contributed by atoms with van der Waals surface area (Å²) in [5.74, 6) is 1.11. The van der Waals surface area contributed by atoms with E-state index < -0.39 is 0 Å².